The van der Waals surface area contributed by atoms with Gasteiger partial charge in [0.2, 0.25) is 0 Å². The van der Waals surface area contributed by atoms with Crippen LogP contribution in [0, 0.1) is 5.92 Å². The number of hydrogen-bond acceptors (Lipinski definition) is 2. The van der Waals surface area contributed by atoms with E-state index < -0.39 is 0 Å². The SMILES string of the molecule is CC1=NOC2CCCCC12. The van der Waals surface area contributed by atoms with Crippen LogP contribution >= 0.6 is 0 Å². The fourth-order valence-electron chi connectivity index (χ4n) is 1.92. The lowest BCUT2D eigenvalue weighted by atomic mass is 9.84. The van der Waals surface area contributed by atoms with E-state index in [-0.39, 0.29) is 0 Å². The number of hydrogen-bond donors (Lipinski definition) is 0. The highest BCUT2D eigenvalue weighted by Crippen LogP contribution is 2.31. The molecule has 1 aliphatic carbocycles. The van der Waals surface area contributed by atoms with Crippen molar-refractivity contribution in [1.29, 1.82) is 0 Å². The summed E-state index contributed by atoms with van der Waals surface area (Å²) in [5.41, 5.74) is 1.21. The Morgan fingerprint density at radius 1 is 1.40 bits per heavy atom. The molecule has 0 bridgehead atoms. The van der Waals surface area contributed by atoms with E-state index in [0.717, 1.165) is 0 Å². The first-order chi connectivity index (χ1) is 4.88. The van der Waals surface area contributed by atoms with Gasteiger partial charge in [-0.05, 0) is 26.2 Å². The molecule has 0 aromatic rings. The molecule has 10 heavy (non-hydrogen) atoms. The van der Waals surface area contributed by atoms with Gasteiger partial charge in [0.25, 0.3) is 0 Å². The highest BCUT2D eigenvalue weighted by molar-refractivity contribution is 5.85. The predicted molar refractivity (Wildman–Crippen MR) is 39.9 cm³/mol. The second-order valence-electron chi connectivity index (χ2n) is 3.27. The zero-order valence-corrected chi connectivity index (χ0v) is 6.34. The van der Waals surface area contributed by atoms with Gasteiger partial charge in [-0.3, -0.25) is 0 Å². The lowest BCUT2D eigenvalue weighted by Crippen LogP contribution is -2.25. The lowest BCUT2D eigenvalue weighted by Gasteiger charge is -2.22. The standard InChI is InChI=1S/C8H13NO/c1-6-7-4-2-3-5-8(7)10-9-6/h7-8H,2-5H2,1H3. The minimum absolute atomic E-state index is 0.439. The maximum absolute atomic E-state index is 5.26. The van der Waals surface area contributed by atoms with Gasteiger partial charge in [0, 0.05) is 5.92 Å². The molecule has 2 aliphatic rings. The van der Waals surface area contributed by atoms with Crippen LogP contribution in [0.3, 0.4) is 0 Å². The van der Waals surface area contributed by atoms with E-state index in [0.29, 0.717) is 12.0 Å². The Kier molecular flexibility index (Phi) is 1.40. The summed E-state index contributed by atoms with van der Waals surface area (Å²) < 4.78 is 0. The molecule has 2 rings (SSSR count). The molecule has 1 aliphatic heterocycles. The van der Waals surface area contributed by atoms with Crippen molar-refractivity contribution in [3.63, 3.8) is 0 Å². The van der Waals surface area contributed by atoms with Crippen LogP contribution in [-0.4, -0.2) is 11.8 Å². The van der Waals surface area contributed by atoms with Gasteiger partial charge in [-0.2, -0.15) is 0 Å². The van der Waals surface area contributed by atoms with E-state index in [1.54, 1.807) is 0 Å². The average Bonchev–Trinajstić information content (AvgIpc) is 2.34. The van der Waals surface area contributed by atoms with E-state index in [9.17, 15) is 0 Å². The van der Waals surface area contributed by atoms with Crippen LogP contribution in [0.5, 0.6) is 0 Å². The summed E-state index contributed by atoms with van der Waals surface area (Å²) in [5.74, 6) is 0.661. The molecule has 0 radical (unpaired) electrons. The Morgan fingerprint density at radius 3 is 3.00 bits per heavy atom. The van der Waals surface area contributed by atoms with Crippen molar-refractivity contribution >= 4 is 5.71 Å². The molecule has 2 atom stereocenters. The Labute approximate surface area is 61.2 Å². The number of rotatable bonds is 0. The van der Waals surface area contributed by atoms with Gasteiger partial charge in [-0.1, -0.05) is 11.6 Å². The molecule has 0 saturated heterocycles. The molecule has 1 fully saturated rings. The molecular formula is C8H13NO. The quantitative estimate of drug-likeness (QED) is 0.502. The fraction of sp³-hybridized carbons (Fsp3) is 0.875. The largest absolute Gasteiger partial charge is 0.392 e. The highest BCUT2D eigenvalue weighted by Gasteiger charge is 2.33. The van der Waals surface area contributed by atoms with Gasteiger partial charge < -0.3 is 4.84 Å². The first-order valence-corrected chi connectivity index (χ1v) is 4.08. The summed E-state index contributed by atoms with van der Waals surface area (Å²) in [6.07, 6.45) is 5.63. The van der Waals surface area contributed by atoms with Gasteiger partial charge in [-0.15, -0.1) is 0 Å². The molecule has 2 nitrogen and oxygen atoms in total. The molecule has 0 aromatic heterocycles. The zero-order valence-electron chi connectivity index (χ0n) is 6.34. The normalized spacial score (nSPS) is 38.3. The van der Waals surface area contributed by atoms with Gasteiger partial charge in [0.1, 0.15) is 6.10 Å². The second kappa shape index (κ2) is 2.26. The maximum Gasteiger partial charge on any atom is 0.135 e. The predicted octanol–water partition coefficient (Wildman–Crippen LogP) is 1.95. The first-order valence-electron chi connectivity index (χ1n) is 4.08. The Balaban J connectivity index is 2.08. The molecule has 2 unspecified atom stereocenters. The Morgan fingerprint density at radius 2 is 2.20 bits per heavy atom. The Bertz CT molecular complexity index is 165. The van der Waals surface area contributed by atoms with Crippen LogP contribution in [0.2, 0.25) is 0 Å². The van der Waals surface area contributed by atoms with Crippen LogP contribution in [0.15, 0.2) is 5.16 Å². The van der Waals surface area contributed by atoms with E-state index in [4.69, 9.17) is 4.84 Å². The average molecular weight is 139 g/mol. The summed E-state index contributed by atoms with van der Waals surface area (Å²) in [7, 11) is 0. The minimum atomic E-state index is 0.439. The van der Waals surface area contributed by atoms with Gasteiger partial charge in [-0.25, -0.2) is 0 Å². The molecule has 0 aromatic carbocycles. The van der Waals surface area contributed by atoms with Crippen LogP contribution < -0.4 is 0 Å². The van der Waals surface area contributed by atoms with E-state index in [2.05, 4.69) is 12.1 Å². The van der Waals surface area contributed by atoms with Crippen molar-refractivity contribution in [1.82, 2.24) is 0 Å². The highest BCUT2D eigenvalue weighted by atomic mass is 16.6. The first kappa shape index (κ1) is 6.20. The molecule has 0 spiro atoms. The van der Waals surface area contributed by atoms with Crippen LogP contribution in [0.25, 0.3) is 0 Å². The molecule has 1 saturated carbocycles. The van der Waals surface area contributed by atoms with E-state index in [1.807, 2.05) is 0 Å². The topological polar surface area (TPSA) is 21.6 Å². The van der Waals surface area contributed by atoms with Crippen molar-refractivity contribution in [2.45, 2.75) is 38.7 Å². The molecule has 1 heterocycles. The summed E-state index contributed by atoms with van der Waals surface area (Å²) in [5, 5.41) is 4.00. The second-order valence-corrected chi connectivity index (χ2v) is 3.27. The third-order valence-electron chi connectivity index (χ3n) is 2.57. The number of oxime groups is 1. The molecule has 0 amide bonds. The van der Waals surface area contributed by atoms with Crippen LogP contribution in [-0.2, 0) is 4.84 Å². The Hall–Kier alpha value is -0.530. The number of fused-ring (bicyclic) bond motifs is 1. The molecule has 0 N–H and O–H groups in total. The van der Waals surface area contributed by atoms with Gasteiger partial charge in [0.05, 0.1) is 5.71 Å². The number of nitrogens with zero attached hydrogens (tertiary/aromatic N) is 1. The van der Waals surface area contributed by atoms with Crippen LogP contribution in [0.1, 0.15) is 32.6 Å². The monoisotopic (exact) mass is 139 g/mol. The van der Waals surface area contributed by atoms with Gasteiger partial charge in [0.15, 0.2) is 0 Å². The van der Waals surface area contributed by atoms with Crippen molar-refractivity contribution in [2.24, 2.45) is 11.1 Å². The van der Waals surface area contributed by atoms with E-state index in [1.165, 1.54) is 31.4 Å². The minimum Gasteiger partial charge on any atom is -0.392 e. The van der Waals surface area contributed by atoms with Crippen molar-refractivity contribution in [3.05, 3.63) is 0 Å². The molecular weight excluding hydrogens is 126 g/mol. The third kappa shape index (κ3) is 0.825. The fourth-order valence-corrected chi connectivity index (χ4v) is 1.92. The summed E-state index contributed by atoms with van der Waals surface area (Å²) >= 11 is 0. The molecule has 2 heteroatoms. The van der Waals surface area contributed by atoms with Crippen molar-refractivity contribution in [3.8, 4) is 0 Å². The maximum atomic E-state index is 5.26. The van der Waals surface area contributed by atoms with Crippen molar-refractivity contribution < 1.29 is 4.84 Å². The summed E-state index contributed by atoms with van der Waals surface area (Å²) in [4.78, 5) is 5.26. The van der Waals surface area contributed by atoms with Gasteiger partial charge >= 0.3 is 0 Å². The lowest BCUT2D eigenvalue weighted by molar-refractivity contribution is 0.0397. The third-order valence-corrected chi connectivity index (χ3v) is 2.57. The van der Waals surface area contributed by atoms with E-state index >= 15 is 0 Å². The zero-order chi connectivity index (χ0) is 6.97. The summed E-state index contributed by atoms with van der Waals surface area (Å²) in [6.45, 7) is 2.08. The smallest absolute Gasteiger partial charge is 0.135 e. The van der Waals surface area contributed by atoms with Crippen LogP contribution in [0.4, 0.5) is 0 Å². The molecule has 56 valence electrons. The summed E-state index contributed by atoms with van der Waals surface area (Å²) in [6, 6.07) is 0. The van der Waals surface area contributed by atoms with Crippen molar-refractivity contribution in [2.75, 3.05) is 0 Å².